The van der Waals surface area contributed by atoms with Crippen LogP contribution in [-0.4, -0.2) is 17.1 Å². The number of carboxylic acid groups (broad SMARTS) is 1. The third-order valence-corrected chi connectivity index (χ3v) is 3.95. The number of carboxylic acids is 1. The molecule has 0 spiro atoms. The van der Waals surface area contributed by atoms with E-state index in [0.29, 0.717) is 11.6 Å². The van der Waals surface area contributed by atoms with Gasteiger partial charge in [-0.1, -0.05) is 32.3 Å². The number of nitrogens with one attached hydrogen (secondary N) is 1. The summed E-state index contributed by atoms with van der Waals surface area (Å²) < 4.78 is 13.6. The molecule has 3 nitrogen and oxygen atoms in total. The van der Waals surface area contributed by atoms with Crippen LogP contribution >= 0.6 is 0 Å². The number of carbonyl (C=O) groups is 1. The van der Waals surface area contributed by atoms with Crippen LogP contribution in [0, 0.1) is 11.7 Å². The second-order valence-corrected chi connectivity index (χ2v) is 5.25. The monoisotopic (exact) mass is 265 g/mol. The molecule has 104 valence electrons. The minimum atomic E-state index is -1.22. The molecule has 2 unspecified atom stereocenters. The van der Waals surface area contributed by atoms with Gasteiger partial charge in [-0.05, 0) is 30.9 Å². The normalized spacial score (nSPS) is 23.1. The van der Waals surface area contributed by atoms with Crippen molar-refractivity contribution in [1.82, 2.24) is 0 Å². The summed E-state index contributed by atoms with van der Waals surface area (Å²) in [6.07, 6.45) is 5.59. The molecule has 1 fully saturated rings. The van der Waals surface area contributed by atoms with E-state index in [4.69, 9.17) is 5.11 Å². The average molecular weight is 265 g/mol. The van der Waals surface area contributed by atoms with E-state index in [9.17, 15) is 9.18 Å². The molecule has 4 heteroatoms. The van der Waals surface area contributed by atoms with Gasteiger partial charge in [0.05, 0.1) is 5.69 Å². The Morgan fingerprint density at radius 2 is 2.26 bits per heavy atom. The van der Waals surface area contributed by atoms with Gasteiger partial charge in [0.25, 0.3) is 0 Å². The molecule has 19 heavy (non-hydrogen) atoms. The molecule has 0 radical (unpaired) electrons. The number of hydrogen-bond donors (Lipinski definition) is 2. The number of hydrogen-bond acceptors (Lipinski definition) is 2. The second-order valence-electron chi connectivity index (χ2n) is 5.25. The Hall–Kier alpha value is -1.58. The van der Waals surface area contributed by atoms with Gasteiger partial charge in [-0.15, -0.1) is 0 Å². The Morgan fingerprint density at radius 1 is 1.47 bits per heavy atom. The van der Waals surface area contributed by atoms with Gasteiger partial charge < -0.3 is 10.4 Å². The summed E-state index contributed by atoms with van der Waals surface area (Å²) in [5.74, 6) is -1.21. The summed E-state index contributed by atoms with van der Waals surface area (Å²) in [6, 6.07) is 4.62. The first-order valence-electron chi connectivity index (χ1n) is 6.90. The third-order valence-electron chi connectivity index (χ3n) is 3.95. The van der Waals surface area contributed by atoms with E-state index >= 15 is 0 Å². The first kappa shape index (κ1) is 13.8. The van der Waals surface area contributed by atoms with Crippen molar-refractivity contribution in [3.63, 3.8) is 0 Å². The summed E-state index contributed by atoms with van der Waals surface area (Å²) in [5.41, 5.74) is 0.148. The van der Waals surface area contributed by atoms with Gasteiger partial charge >= 0.3 is 5.97 Å². The summed E-state index contributed by atoms with van der Waals surface area (Å²) in [7, 11) is 0. The molecule has 2 rings (SSSR count). The fourth-order valence-corrected chi connectivity index (χ4v) is 2.87. The fraction of sp³-hybridized carbons (Fsp3) is 0.533. The Balaban J connectivity index is 2.14. The Morgan fingerprint density at radius 3 is 2.95 bits per heavy atom. The maximum absolute atomic E-state index is 13.6. The Labute approximate surface area is 112 Å². The van der Waals surface area contributed by atoms with E-state index in [2.05, 4.69) is 12.2 Å². The van der Waals surface area contributed by atoms with Crippen molar-refractivity contribution in [1.29, 1.82) is 0 Å². The highest BCUT2D eigenvalue weighted by Gasteiger charge is 2.23. The molecule has 1 saturated carbocycles. The third kappa shape index (κ3) is 3.25. The van der Waals surface area contributed by atoms with E-state index in [1.54, 1.807) is 12.1 Å². The molecule has 0 amide bonds. The minimum Gasteiger partial charge on any atom is -0.478 e. The number of rotatable bonds is 4. The van der Waals surface area contributed by atoms with E-state index in [1.165, 1.54) is 12.5 Å². The van der Waals surface area contributed by atoms with Crippen LogP contribution in [0.5, 0.6) is 0 Å². The van der Waals surface area contributed by atoms with Gasteiger partial charge in [-0.2, -0.15) is 0 Å². The standard InChI is InChI=1S/C15H20FNO2/c1-2-10-5-3-6-11(9-10)17-13-8-4-7-12(16)14(13)15(18)19/h4,7-8,10-11,17H,2-3,5-6,9H2,1H3,(H,18,19). The van der Waals surface area contributed by atoms with Crippen LogP contribution in [0.1, 0.15) is 49.4 Å². The van der Waals surface area contributed by atoms with Crippen LogP contribution in [0.4, 0.5) is 10.1 Å². The maximum Gasteiger partial charge on any atom is 0.340 e. The zero-order valence-electron chi connectivity index (χ0n) is 11.2. The van der Waals surface area contributed by atoms with E-state index in [-0.39, 0.29) is 11.6 Å². The molecule has 0 aliphatic heterocycles. The van der Waals surface area contributed by atoms with Crippen LogP contribution in [0.15, 0.2) is 18.2 Å². The van der Waals surface area contributed by atoms with Crippen LogP contribution in [0.25, 0.3) is 0 Å². The summed E-state index contributed by atoms with van der Waals surface area (Å²) in [4.78, 5) is 11.1. The first-order chi connectivity index (χ1) is 9.11. The predicted octanol–water partition coefficient (Wildman–Crippen LogP) is 3.90. The largest absolute Gasteiger partial charge is 0.478 e. The number of aromatic carboxylic acids is 1. The van der Waals surface area contributed by atoms with E-state index < -0.39 is 11.8 Å². The zero-order valence-corrected chi connectivity index (χ0v) is 11.2. The van der Waals surface area contributed by atoms with Crippen molar-refractivity contribution in [2.45, 2.75) is 45.1 Å². The molecule has 1 aliphatic rings. The predicted molar refractivity (Wildman–Crippen MR) is 73.0 cm³/mol. The van der Waals surface area contributed by atoms with Crippen molar-refractivity contribution in [2.75, 3.05) is 5.32 Å². The van der Waals surface area contributed by atoms with Gasteiger partial charge in [0.2, 0.25) is 0 Å². The van der Waals surface area contributed by atoms with Gasteiger partial charge in [-0.3, -0.25) is 0 Å². The van der Waals surface area contributed by atoms with Crippen molar-refractivity contribution in [3.8, 4) is 0 Å². The lowest BCUT2D eigenvalue weighted by atomic mass is 9.84. The second kappa shape index (κ2) is 6.04. The molecular formula is C15H20FNO2. The number of anilines is 1. The summed E-state index contributed by atoms with van der Waals surface area (Å²) >= 11 is 0. The summed E-state index contributed by atoms with van der Waals surface area (Å²) in [6.45, 7) is 2.18. The van der Waals surface area contributed by atoms with E-state index in [1.807, 2.05) is 0 Å². The molecule has 0 heterocycles. The molecule has 2 N–H and O–H groups in total. The van der Waals surface area contributed by atoms with Gasteiger partial charge in [0.15, 0.2) is 0 Å². The molecule has 1 aromatic rings. The lowest BCUT2D eigenvalue weighted by molar-refractivity contribution is 0.0693. The smallest absolute Gasteiger partial charge is 0.340 e. The highest BCUT2D eigenvalue weighted by atomic mass is 19.1. The fourth-order valence-electron chi connectivity index (χ4n) is 2.87. The molecular weight excluding hydrogens is 245 g/mol. The first-order valence-corrected chi connectivity index (χ1v) is 6.90. The van der Waals surface area contributed by atoms with Crippen molar-refractivity contribution >= 4 is 11.7 Å². The van der Waals surface area contributed by atoms with Crippen molar-refractivity contribution in [2.24, 2.45) is 5.92 Å². The maximum atomic E-state index is 13.6. The molecule has 0 aromatic heterocycles. The topological polar surface area (TPSA) is 49.3 Å². The average Bonchev–Trinajstić information content (AvgIpc) is 2.38. The lowest BCUT2D eigenvalue weighted by Gasteiger charge is -2.30. The quantitative estimate of drug-likeness (QED) is 0.868. The molecule has 1 aromatic carbocycles. The lowest BCUT2D eigenvalue weighted by Crippen LogP contribution is -2.28. The summed E-state index contributed by atoms with van der Waals surface area (Å²) in [5, 5.41) is 12.3. The molecule has 0 saturated heterocycles. The van der Waals surface area contributed by atoms with E-state index in [0.717, 1.165) is 25.7 Å². The van der Waals surface area contributed by atoms with Crippen molar-refractivity contribution in [3.05, 3.63) is 29.6 Å². The molecule has 0 bridgehead atoms. The van der Waals surface area contributed by atoms with Gasteiger partial charge in [0, 0.05) is 6.04 Å². The molecule has 2 atom stereocenters. The minimum absolute atomic E-state index is 0.249. The van der Waals surface area contributed by atoms with Crippen LogP contribution in [-0.2, 0) is 0 Å². The molecule has 1 aliphatic carbocycles. The van der Waals surface area contributed by atoms with Gasteiger partial charge in [0.1, 0.15) is 11.4 Å². The number of benzene rings is 1. The van der Waals surface area contributed by atoms with Crippen LogP contribution in [0.2, 0.25) is 0 Å². The van der Waals surface area contributed by atoms with Gasteiger partial charge in [-0.25, -0.2) is 9.18 Å². The SMILES string of the molecule is CCC1CCCC(Nc2cccc(F)c2C(=O)O)C1. The van der Waals surface area contributed by atoms with Crippen molar-refractivity contribution < 1.29 is 14.3 Å². The highest BCUT2D eigenvalue weighted by Crippen LogP contribution is 2.30. The van der Waals surface area contributed by atoms with Crippen LogP contribution in [0.3, 0.4) is 0 Å². The Bertz CT molecular complexity index is 461. The number of halogens is 1. The highest BCUT2D eigenvalue weighted by molar-refractivity contribution is 5.94. The Kier molecular flexibility index (Phi) is 4.40. The van der Waals surface area contributed by atoms with Crippen LogP contribution < -0.4 is 5.32 Å². The zero-order chi connectivity index (χ0) is 13.8.